The lowest BCUT2D eigenvalue weighted by Gasteiger charge is -2.03. The molecule has 4 heterocycles. The standard InChI is InChI=1S/C18H15N7O/c19-18-21-7-5-14(25-18)13-4-3-12-8-15(24-16(12)23-13)17(26)22-10-11-2-1-6-20-9-11/h1-9H,10H2,(H,22,26)(H,23,24)(H2,19,21,25). The molecule has 1 amide bonds. The van der Waals surface area contributed by atoms with Crippen LogP contribution in [0.5, 0.6) is 0 Å². The normalized spacial score (nSPS) is 10.8. The van der Waals surface area contributed by atoms with Gasteiger partial charge in [-0.2, -0.15) is 0 Å². The number of anilines is 1. The van der Waals surface area contributed by atoms with Gasteiger partial charge in [-0.15, -0.1) is 0 Å². The summed E-state index contributed by atoms with van der Waals surface area (Å²) in [6, 6.07) is 10.9. The summed E-state index contributed by atoms with van der Waals surface area (Å²) in [6.45, 7) is 0.404. The maximum atomic E-state index is 12.4. The van der Waals surface area contributed by atoms with Gasteiger partial charge in [0.1, 0.15) is 11.3 Å². The molecule has 0 spiro atoms. The number of pyridine rings is 2. The van der Waals surface area contributed by atoms with Crippen molar-refractivity contribution in [3.05, 3.63) is 66.2 Å². The van der Waals surface area contributed by atoms with Gasteiger partial charge in [0.25, 0.3) is 5.91 Å². The fraction of sp³-hybridized carbons (Fsp3) is 0.0556. The van der Waals surface area contributed by atoms with E-state index in [1.54, 1.807) is 30.7 Å². The first-order valence-electron chi connectivity index (χ1n) is 7.95. The van der Waals surface area contributed by atoms with Crippen molar-refractivity contribution in [3.63, 3.8) is 0 Å². The van der Waals surface area contributed by atoms with Crippen molar-refractivity contribution in [2.75, 3.05) is 5.73 Å². The highest BCUT2D eigenvalue weighted by Crippen LogP contribution is 2.20. The van der Waals surface area contributed by atoms with Crippen LogP contribution in [0.4, 0.5) is 5.95 Å². The molecule has 128 valence electrons. The molecule has 0 radical (unpaired) electrons. The number of nitrogens with two attached hydrogens (primary N) is 1. The predicted molar refractivity (Wildman–Crippen MR) is 96.9 cm³/mol. The van der Waals surface area contributed by atoms with Gasteiger partial charge >= 0.3 is 0 Å². The van der Waals surface area contributed by atoms with Crippen molar-refractivity contribution >= 4 is 22.9 Å². The number of nitrogen functional groups attached to an aromatic ring is 1. The number of carbonyl (C=O) groups is 1. The molecule has 0 saturated carbocycles. The summed E-state index contributed by atoms with van der Waals surface area (Å²) in [5.74, 6) is -0.0222. The predicted octanol–water partition coefficient (Wildman–Crippen LogP) is 1.93. The van der Waals surface area contributed by atoms with E-state index in [0.29, 0.717) is 29.3 Å². The number of nitrogens with zero attached hydrogens (tertiary/aromatic N) is 4. The number of carbonyl (C=O) groups excluding carboxylic acids is 1. The number of nitrogens with one attached hydrogen (secondary N) is 2. The monoisotopic (exact) mass is 345 g/mol. The largest absolute Gasteiger partial charge is 0.368 e. The summed E-state index contributed by atoms with van der Waals surface area (Å²) in [5.41, 5.74) is 8.86. The van der Waals surface area contributed by atoms with Crippen molar-refractivity contribution < 1.29 is 4.79 Å². The van der Waals surface area contributed by atoms with E-state index in [9.17, 15) is 4.79 Å². The van der Waals surface area contributed by atoms with Gasteiger partial charge in [0.15, 0.2) is 0 Å². The van der Waals surface area contributed by atoms with Crippen LogP contribution in [0.25, 0.3) is 22.4 Å². The number of aromatic amines is 1. The summed E-state index contributed by atoms with van der Waals surface area (Å²) in [7, 11) is 0. The second-order valence-corrected chi connectivity index (χ2v) is 5.66. The average molecular weight is 345 g/mol. The Kier molecular flexibility index (Phi) is 3.98. The Bertz CT molecular complexity index is 1080. The third-order valence-electron chi connectivity index (χ3n) is 3.84. The Balaban J connectivity index is 1.56. The van der Waals surface area contributed by atoms with Crippen molar-refractivity contribution in [1.29, 1.82) is 0 Å². The van der Waals surface area contributed by atoms with E-state index < -0.39 is 0 Å². The summed E-state index contributed by atoms with van der Waals surface area (Å²) in [6.07, 6.45) is 4.99. The first-order valence-corrected chi connectivity index (χ1v) is 7.95. The fourth-order valence-corrected chi connectivity index (χ4v) is 2.57. The molecule has 0 fully saturated rings. The molecule has 0 aromatic carbocycles. The molecular weight excluding hydrogens is 330 g/mol. The van der Waals surface area contributed by atoms with E-state index in [1.165, 1.54) is 0 Å². The highest BCUT2D eigenvalue weighted by Gasteiger charge is 2.11. The number of rotatable bonds is 4. The maximum absolute atomic E-state index is 12.4. The molecular formula is C18H15N7O. The number of hydrogen-bond acceptors (Lipinski definition) is 6. The number of aromatic nitrogens is 5. The SMILES string of the molecule is Nc1nccc(-c2ccc3cc(C(=O)NCc4cccnc4)[nH]c3n2)n1. The third-order valence-corrected chi connectivity index (χ3v) is 3.84. The van der Waals surface area contributed by atoms with Crippen LogP contribution >= 0.6 is 0 Å². The smallest absolute Gasteiger partial charge is 0.268 e. The van der Waals surface area contributed by atoms with Gasteiger partial charge in [-0.3, -0.25) is 9.78 Å². The Morgan fingerprint density at radius 3 is 2.81 bits per heavy atom. The van der Waals surface area contributed by atoms with Crippen molar-refractivity contribution in [3.8, 4) is 11.4 Å². The molecule has 0 unspecified atom stereocenters. The number of hydrogen-bond donors (Lipinski definition) is 3. The highest BCUT2D eigenvalue weighted by molar-refractivity contribution is 5.97. The quantitative estimate of drug-likeness (QED) is 0.519. The molecule has 0 bridgehead atoms. The van der Waals surface area contributed by atoms with Crippen LogP contribution < -0.4 is 11.1 Å². The lowest BCUT2D eigenvalue weighted by atomic mass is 10.2. The van der Waals surface area contributed by atoms with Gasteiger partial charge < -0.3 is 16.0 Å². The molecule has 4 rings (SSSR count). The minimum atomic E-state index is -0.209. The maximum Gasteiger partial charge on any atom is 0.268 e. The van der Waals surface area contributed by atoms with Crippen LogP contribution in [0.1, 0.15) is 16.1 Å². The zero-order valence-corrected chi connectivity index (χ0v) is 13.7. The van der Waals surface area contributed by atoms with Crippen molar-refractivity contribution in [1.82, 2.24) is 30.2 Å². The molecule has 0 saturated heterocycles. The lowest BCUT2D eigenvalue weighted by Crippen LogP contribution is -2.23. The highest BCUT2D eigenvalue weighted by atomic mass is 16.1. The number of fused-ring (bicyclic) bond motifs is 1. The summed E-state index contributed by atoms with van der Waals surface area (Å²) < 4.78 is 0. The van der Waals surface area contributed by atoms with E-state index in [1.807, 2.05) is 24.3 Å². The van der Waals surface area contributed by atoms with Crippen LogP contribution in [0, 0.1) is 0 Å². The number of amides is 1. The van der Waals surface area contributed by atoms with Gasteiger partial charge in [-0.05, 0) is 35.9 Å². The first-order chi connectivity index (χ1) is 12.7. The fourth-order valence-electron chi connectivity index (χ4n) is 2.57. The van der Waals surface area contributed by atoms with Crippen LogP contribution in [-0.2, 0) is 6.54 Å². The zero-order chi connectivity index (χ0) is 17.9. The summed E-state index contributed by atoms with van der Waals surface area (Å²) >= 11 is 0. The van der Waals surface area contributed by atoms with Gasteiger partial charge in [0.2, 0.25) is 5.95 Å². The molecule has 4 aromatic heterocycles. The number of H-pyrrole nitrogens is 1. The topological polar surface area (TPSA) is 122 Å². The van der Waals surface area contributed by atoms with E-state index >= 15 is 0 Å². The van der Waals surface area contributed by atoms with Crippen LogP contribution in [0.3, 0.4) is 0 Å². The van der Waals surface area contributed by atoms with E-state index in [4.69, 9.17) is 5.73 Å². The lowest BCUT2D eigenvalue weighted by molar-refractivity contribution is 0.0946. The van der Waals surface area contributed by atoms with Gasteiger partial charge in [-0.1, -0.05) is 6.07 Å². The van der Waals surface area contributed by atoms with Crippen molar-refractivity contribution in [2.24, 2.45) is 0 Å². The third kappa shape index (κ3) is 3.20. The first kappa shape index (κ1) is 15.7. The van der Waals surface area contributed by atoms with Crippen LogP contribution in [0.2, 0.25) is 0 Å². The molecule has 26 heavy (non-hydrogen) atoms. The van der Waals surface area contributed by atoms with Crippen LogP contribution in [-0.4, -0.2) is 30.8 Å². The Morgan fingerprint density at radius 1 is 1.12 bits per heavy atom. The minimum Gasteiger partial charge on any atom is -0.368 e. The second-order valence-electron chi connectivity index (χ2n) is 5.66. The second kappa shape index (κ2) is 6.60. The van der Waals surface area contributed by atoms with E-state index in [2.05, 4.69) is 30.2 Å². The van der Waals surface area contributed by atoms with E-state index in [0.717, 1.165) is 10.9 Å². The van der Waals surface area contributed by atoms with Gasteiger partial charge in [0, 0.05) is 30.5 Å². The molecule has 0 atom stereocenters. The Labute approximate surface area is 148 Å². The van der Waals surface area contributed by atoms with Gasteiger partial charge in [-0.25, -0.2) is 15.0 Å². The Morgan fingerprint density at radius 2 is 2.00 bits per heavy atom. The molecule has 8 heteroatoms. The zero-order valence-electron chi connectivity index (χ0n) is 13.7. The molecule has 0 aliphatic heterocycles. The minimum absolute atomic E-state index is 0.186. The van der Waals surface area contributed by atoms with Crippen LogP contribution in [0.15, 0.2) is 55.0 Å². The molecule has 4 aromatic rings. The average Bonchev–Trinajstić information content (AvgIpc) is 3.10. The Hall–Kier alpha value is -3.81. The van der Waals surface area contributed by atoms with Gasteiger partial charge in [0.05, 0.1) is 11.4 Å². The van der Waals surface area contributed by atoms with E-state index in [-0.39, 0.29) is 11.9 Å². The molecule has 0 aliphatic carbocycles. The molecule has 8 nitrogen and oxygen atoms in total. The summed E-state index contributed by atoms with van der Waals surface area (Å²) in [5, 5.41) is 3.69. The summed E-state index contributed by atoms with van der Waals surface area (Å²) in [4.78, 5) is 32.0. The molecule has 0 aliphatic rings. The van der Waals surface area contributed by atoms with Crippen molar-refractivity contribution in [2.45, 2.75) is 6.54 Å². The molecule has 4 N–H and O–H groups in total.